The average molecular weight is 375 g/mol. The summed E-state index contributed by atoms with van der Waals surface area (Å²) in [5.74, 6) is 2.43. The Hall–Kier alpha value is -2.38. The summed E-state index contributed by atoms with van der Waals surface area (Å²) in [6.07, 6.45) is 3.36. The fraction of sp³-hybridized carbons (Fsp3) is 0.684. The smallest absolute Gasteiger partial charge is 0.345 e. The number of aryl methyl sites for hydroxylation is 1. The maximum Gasteiger partial charge on any atom is 0.345 e. The van der Waals surface area contributed by atoms with Crippen LogP contribution in [0.4, 0.5) is 0 Å². The maximum atomic E-state index is 12.7. The number of likely N-dealkylation sites (tertiary alicyclic amines) is 1. The number of hydrogen-bond donors (Lipinski definition) is 0. The number of carbonyl (C=O) groups excluding carboxylic acids is 1. The van der Waals surface area contributed by atoms with E-state index in [4.69, 9.17) is 4.52 Å². The average Bonchev–Trinajstić information content (AvgIpc) is 3.19. The summed E-state index contributed by atoms with van der Waals surface area (Å²) in [5.41, 5.74) is 0.331. The van der Waals surface area contributed by atoms with E-state index in [1.807, 2.05) is 11.8 Å². The molecule has 2 aromatic rings. The van der Waals surface area contributed by atoms with E-state index in [2.05, 4.69) is 24.1 Å². The van der Waals surface area contributed by atoms with Crippen molar-refractivity contribution in [1.29, 1.82) is 0 Å². The van der Waals surface area contributed by atoms with Gasteiger partial charge in [-0.2, -0.15) is 5.10 Å². The number of rotatable bonds is 6. The van der Waals surface area contributed by atoms with Crippen LogP contribution in [-0.4, -0.2) is 43.4 Å². The molecular formula is C19H29N5O3. The van der Waals surface area contributed by atoms with Crippen molar-refractivity contribution in [2.45, 2.75) is 53.0 Å². The largest absolute Gasteiger partial charge is 0.361 e. The first-order chi connectivity index (χ1) is 12.9. The van der Waals surface area contributed by atoms with Crippen LogP contribution in [0.1, 0.15) is 55.7 Å². The van der Waals surface area contributed by atoms with Crippen molar-refractivity contribution in [1.82, 2.24) is 24.4 Å². The Balaban J connectivity index is 1.57. The summed E-state index contributed by atoms with van der Waals surface area (Å²) in [6, 6.07) is 1.77. The van der Waals surface area contributed by atoms with Gasteiger partial charge in [-0.15, -0.1) is 0 Å². The third-order valence-electron chi connectivity index (χ3n) is 5.16. The Morgan fingerprint density at radius 3 is 2.67 bits per heavy atom. The number of carbonyl (C=O) groups is 1. The molecule has 0 radical (unpaired) electrons. The van der Waals surface area contributed by atoms with E-state index >= 15 is 0 Å². The van der Waals surface area contributed by atoms with Crippen LogP contribution in [0.3, 0.4) is 0 Å². The molecule has 0 aromatic carbocycles. The Morgan fingerprint density at radius 1 is 1.33 bits per heavy atom. The highest BCUT2D eigenvalue weighted by atomic mass is 16.5. The predicted octanol–water partition coefficient (Wildman–Crippen LogP) is 1.88. The molecule has 0 spiro atoms. The van der Waals surface area contributed by atoms with Crippen molar-refractivity contribution in [3.8, 4) is 0 Å². The zero-order valence-electron chi connectivity index (χ0n) is 16.6. The molecule has 0 atom stereocenters. The van der Waals surface area contributed by atoms with Crippen LogP contribution in [0, 0.1) is 11.8 Å². The lowest BCUT2D eigenvalue weighted by Gasteiger charge is -2.31. The zero-order valence-corrected chi connectivity index (χ0v) is 16.6. The van der Waals surface area contributed by atoms with Gasteiger partial charge in [0.1, 0.15) is 11.6 Å². The number of piperidine rings is 1. The zero-order chi connectivity index (χ0) is 19.6. The van der Waals surface area contributed by atoms with Crippen molar-refractivity contribution in [3.05, 3.63) is 33.8 Å². The summed E-state index contributed by atoms with van der Waals surface area (Å²) in [5, 5.41) is 8.32. The van der Waals surface area contributed by atoms with Gasteiger partial charge in [-0.1, -0.05) is 19.0 Å². The minimum atomic E-state index is -0.0663. The molecule has 148 valence electrons. The van der Waals surface area contributed by atoms with Crippen molar-refractivity contribution >= 4 is 5.91 Å². The monoisotopic (exact) mass is 375 g/mol. The van der Waals surface area contributed by atoms with Crippen molar-refractivity contribution in [3.63, 3.8) is 0 Å². The normalized spacial score (nSPS) is 15.7. The summed E-state index contributed by atoms with van der Waals surface area (Å²) in [4.78, 5) is 26.5. The molecule has 1 aliphatic rings. The second-order valence-electron chi connectivity index (χ2n) is 7.78. The minimum Gasteiger partial charge on any atom is -0.361 e. The lowest BCUT2D eigenvalue weighted by atomic mass is 9.93. The molecule has 27 heavy (non-hydrogen) atoms. The molecule has 1 fully saturated rings. The van der Waals surface area contributed by atoms with Crippen LogP contribution in [-0.2, 0) is 26.4 Å². The van der Waals surface area contributed by atoms with Gasteiger partial charge < -0.3 is 9.42 Å². The number of aromatic nitrogens is 4. The Labute approximate surface area is 159 Å². The van der Waals surface area contributed by atoms with Gasteiger partial charge in [0.05, 0.1) is 0 Å². The second kappa shape index (κ2) is 8.10. The third kappa shape index (κ3) is 4.31. The first-order valence-electron chi connectivity index (χ1n) is 9.76. The van der Waals surface area contributed by atoms with E-state index in [1.165, 1.54) is 4.68 Å². The van der Waals surface area contributed by atoms with Crippen molar-refractivity contribution in [2.75, 3.05) is 13.1 Å². The van der Waals surface area contributed by atoms with Crippen LogP contribution in [0.25, 0.3) is 0 Å². The first kappa shape index (κ1) is 19.4. The summed E-state index contributed by atoms with van der Waals surface area (Å²) >= 11 is 0. The quantitative estimate of drug-likeness (QED) is 0.769. The van der Waals surface area contributed by atoms with E-state index in [-0.39, 0.29) is 11.6 Å². The van der Waals surface area contributed by atoms with E-state index in [9.17, 15) is 9.59 Å². The Bertz CT molecular complexity index is 840. The van der Waals surface area contributed by atoms with Gasteiger partial charge in [0.25, 0.3) is 5.91 Å². The topological polar surface area (TPSA) is 86.2 Å². The molecular weight excluding hydrogens is 346 g/mol. The van der Waals surface area contributed by atoms with E-state index < -0.39 is 0 Å². The van der Waals surface area contributed by atoms with Crippen LogP contribution >= 0.6 is 0 Å². The van der Waals surface area contributed by atoms with Gasteiger partial charge in [0.2, 0.25) is 0 Å². The fourth-order valence-electron chi connectivity index (χ4n) is 3.70. The minimum absolute atomic E-state index is 0.0597. The van der Waals surface area contributed by atoms with Crippen molar-refractivity contribution < 1.29 is 9.32 Å². The number of nitrogens with zero attached hydrogens (tertiary/aromatic N) is 5. The third-order valence-corrected chi connectivity index (χ3v) is 5.16. The van der Waals surface area contributed by atoms with Gasteiger partial charge in [0, 0.05) is 45.6 Å². The summed E-state index contributed by atoms with van der Waals surface area (Å²) in [6.45, 7) is 8.19. The van der Waals surface area contributed by atoms with Gasteiger partial charge in [0.15, 0.2) is 5.69 Å². The second-order valence-corrected chi connectivity index (χ2v) is 7.78. The molecule has 8 nitrogen and oxygen atoms in total. The van der Waals surface area contributed by atoms with Crippen LogP contribution in [0.2, 0.25) is 0 Å². The molecule has 0 aliphatic carbocycles. The van der Waals surface area contributed by atoms with Gasteiger partial charge >= 0.3 is 5.69 Å². The highest BCUT2D eigenvalue weighted by Gasteiger charge is 2.27. The highest BCUT2D eigenvalue weighted by Crippen LogP contribution is 2.22. The Morgan fingerprint density at radius 2 is 2.04 bits per heavy atom. The molecule has 0 saturated carbocycles. The molecule has 0 bridgehead atoms. The van der Waals surface area contributed by atoms with E-state index in [0.29, 0.717) is 37.2 Å². The summed E-state index contributed by atoms with van der Waals surface area (Å²) in [7, 11) is 1.69. The first-order valence-corrected chi connectivity index (χ1v) is 9.76. The molecule has 8 heteroatoms. The number of hydrogen-bond acceptors (Lipinski definition) is 5. The maximum absolute atomic E-state index is 12.7. The molecule has 1 saturated heterocycles. The molecule has 0 N–H and O–H groups in total. The lowest BCUT2D eigenvalue weighted by molar-refractivity contribution is 0.0679. The van der Waals surface area contributed by atoms with E-state index in [1.54, 1.807) is 17.7 Å². The van der Waals surface area contributed by atoms with Crippen molar-refractivity contribution in [2.24, 2.45) is 18.9 Å². The molecule has 0 unspecified atom stereocenters. The SMILES string of the molecule is CCn1c(CC2CCN(C(=O)c3cc(CC(C)C)on3)CC2)nn(C)c1=O. The molecule has 3 heterocycles. The molecule has 2 aromatic heterocycles. The lowest BCUT2D eigenvalue weighted by Crippen LogP contribution is -2.39. The fourth-order valence-corrected chi connectivity index (χ4v) is 3.70. The highest BCUT2D eigenvalue weighted by molar-refractivity contribution is 5.92. The van der Waals surface area contributed by atoms with Gasteiger partial charge in [-0.05, 0) is 31.6 Å². The summed E-state index contributed by atoms with van der Waals surface area (Å²) < 4.78 is 8.41. The molecule has 3 rings (SSSR count). The van der Waals surface area contributed by atoms with Gasteiger partial charge in [-0.3, -0.25) is 9.36 Å². The van der Waals surface area contributed by atoms with Crippen LogP contribution in [0.5, 0.6) is 0 Å². The standard InChI is InChI=1S/C19H29N5O3/c1-5-24-17(20-22(4)19(24)26)11-14-6-8-23(9-7-14)18(25)16-12-15(27-21-16)10-13(2)3/h12-14H,5-11H2,1-4H3. The molecule has 1 aliphatic heterocycles. The van der Waals surface area contributed by atoms with Crippen LogP contribution in [0.15, 0.2) is 15.4 Å². The van der Waals surface area contributed by atoms with E-state index in [0.717, 1.165) is 37.3 Å². The predicted molar refractivity (Wildman–Crippen MR) is 101 cm³/mol. The van der Waals surface area contributed by atoms with Crippen LogP contribution < -0.4 is 5.69 Å². The molecule has 1 amide bonds. The Kier molecular flexibility index (Phi) is 5.82. The number of amides is 1. The van der Waals surface area contributed by atoms with Gasteiger partial charge in [-0.25, -0.2) is 9.48 Å².